The maximum atomic E-state index is 13.9. The molecule has 1 aliphatic rings. The zero-order valence-corrected chi connectivity index (χ0v) is 18.5. The van der Waals surface area contributed by atoms with Gasteiger partial charge in [0.25, 0.3) is 0 Å². The highest BCUT2D eigenvalue weighted by atomic mass is 19.1. The molecule has 0 amide bonds. The van der Waals surface area contributed by atoms with Gasteiger partial charge in [0.05, 0.1) is 6.61 Å². The van der Waals surface area contributed by atoms with Crippen LogP contribution in [-0.2, 0) is 19.4 Å². The summed E-state index contributed by atoms with van der Waals surface area (Å²) in [6.07, 6.45) is 2.46. The van der Waals surface area contributed by atoms with E-state index in [1.807, 2.05) is 24.3 Å². The summed E-state index contributed by atoms with van der Waals surface area (Å²) in [7, 11) is 0. The molecule has 1 heterocycles. The van der Waals surface area contributed by atoms with Gasteiger partial charge < -0.3 is 14.8 Å². The largest absolute Gasteiger partial charge is 0.416 e. The zero-order valence-electron chi connectivity index (χ0n) is 18.5. The number of aliphatic hydroxyl groups is 1. The standard InChI is InChI=1S/C27H26FN3O2/c1-18-7-8-22(14-24(18)28)26-31-30-25(33-26)21-10-9-20-11-12-27(17-32,15-23(20)13-21)29-16-19-5-3-2-4-6-19/h2-10,13-14,29,32H,11-12,15-17H2,1H3/t27-/m0/s1. The van der Waals surface area contributed by atoms with Crippen molar-refractivity contribution in [1.82, 2.24) is 15.5 Å². The molecule has 1 atom stereocenters. The number of fused-ring (bicyclic) bond motifs is 1. The van der Waals surface area contributed by atoms with Crippen LogP contribution in [0.3, 0.4) is 0 Å². The summed E-state index contributed by atoms with van der Waals surface area (Å²) in [5.41, 5.74) is 5.19. The van der Waals surface area contributed by atoms with Crippen LogP contribution in [0.15, 0.2) is 71.1 Å². The number of hydrogen-bond donors (Lipinski definition) is 2. The van der Waals surface area contributed by atoms with E-state index in [-0.39, 0.29) is 23.9 Å². The summed E-state index contributed by atoms with van der Waals surface area (Å²) in [5, 5.41) is 22.2. The topological polar surface area (TPSA) is 71.2 Å². The van der Waals surface area contributed by atoms with Gasteiger partial charge in [0.2, 0.25) is 11.8 Å². The second-order valence-electron chi connectivity index (χ2n) is 8.81. The van der Waals surface area contributed by atoms with Crippen molar-refractivity contribution in [3.8, 4) is 22.9 Å². The molecule has 0 aliphatic heterocycles. The van der Waals surface area contributed by atoms with Gasteiger partial charge in [0.15, 0.2) is 0 Å². The Morgan fingerprint density at radius 2 is 1.70 bits per heavy atom. The fourth-order valence-corrected chi connectivity index (χ4v) is 4.40. The zero-order chi connectivity index (χ0) is 22.8. The van der Waals surface area contributed by atoms with Gasteiger partial charge >= 0.3 is 0 Å². The van der Waals surface area contributed by atoms with E-state index in [2.05, 4.69) is 39.8 Å². The van der Waals surface area contributed by atoms with Crippen LogP contribution in [0.1, 0.15) is 28.7 Å². The summed E-state index contributed by atoms with van der Waals surface area (Å²) in [4.78, 5) is 0. The van der Waals surface area contributed by atoms with Crippen LogP contribution in [0.5, 0.6) is 0 Å². The average Bonchev–Trinajstić information content (AvgIpc) is 3.35. The van der Waals surface area contributed by atoms with E-state index >= 15 is 0 Å². The lowest BCUT2D eigenvalue weighted by molar-refractivity contribution is 0.143. The van der Waals surface area contributed by atoms with Crippen molar-refractivity contribution in [1.29, 1.82) is 0 Å². The molecule has 0 spiro atoms. The number of nitrogens with zero attached hydrogens (tertiary/aromatic N) is 2. The first kappa shape index (κ1) is 21.5. The average molecular weight is 444 g/mol. The van der Waals surface area contributed by atoms with Gasteiger partial charge in [-0.05, 0) is 72.7 Å². The fourth-order valence-electron chi connectivity index (χ4n) is 4.40. The molecule has 168 valence electrons. The number of nitrogens with one attached hydrogen (secondary N) is 1. The van der Waals surface area contributed by atoms with Crippen molar-refractivity contribution < 1.29 is 13.9 Å². The smallest absolute Gasteiger partial charge is 0.248 e. The van der Waals surface area contributed by atoms with E-state index < -0.39 is 0 Å². The number of rotatable bonds is 6. The molecule has 33 heavy (non-hydrogen) atoms. The Bertz CT molecular complexity index is 1270. The third-order valence-electron chi connectivity index (χ3n) is 6.51. The molecule has 5 nitrogen and oxygen atoms in total. The predicted octanol–water partition coefficient (Wildman–Crippen LogP) is 4.86. The Labute approximate surface area is 192 Å². The van der Waals surface area contributed by atoms with Crippen molar-refractivity contribution in [2.24, 2.45) is 0 Å². The van der Waals surface area contributed by atoms with Crippen molar-refractivity contribution in [2.75, 3.05) is 6.61 Å². The van der Waals surface area contributed by atoms with Crippen molar-refractivity contribution in [2.45, 2.75) is 38.3 Å². The van der Waals surface area contributed by atoms with Crippen LogP contribution in [0.2, 0.25) is 0 Å². The van der Waals surface area contributed by atoms with E-state index in [9.17, 15) is 9.50 Å². The van der Waals surface area contributed by atoms with Gasteiger partial charge in [-0.1, -0.05) is 42.5 Å². The minimum atomic E-state index is -0.374. The van der Waals surface area contributed by atoms with E-state index in [1.165, 1.54) is 17.2 Å². The lowest BCUT2D eigenvalue weighted by Crippen LogP contribution is -2.52. The maximum absolute atomic E-state index is 13.9. The minimum absolute atomic E-state index is 0.0627. The van der Waals surface area contributed by atoms with Gasteiger partial charge in [0.1, 0.15) is 5.82 Å². The van der Waals surface area contributed by atoms with Gasteiger partial charge in [-0.15, -0.1) is 10.2 Å². The molecule has 0 unspecified atom stereocenters. The first-order valence-electron chi connectivity index (χ1n) is 11.2. The minimum Gasteiger partial charge on any atom is -0.416 e. The van der Waals surface area contributed by atoms with E-state index in [0.717, 1.165) is 24.0 Å². The monoisotopic (exact) mass is 443 g/mol. The number of halogens is 1. The second kappa shape index (κ2) is 8.89. The van der Waals surface area contributed by atoms with Crippen LogP contribution in [0.4, 0.5) is 4.39 Å². The molecular formula is C27H26FN3O2. The molecule has 1 aromatic heterocycles. The van der Waals surface area contributed by atoms with E-state index in [1.54, 1.807) is 19.1 Å². The van der Waals surface area contributed by atoms with Gasteiger partial charge in [0, 0.05) is 23.2 Å². The Morgan fingerprint density at radius 3 is 2.42 bits per heavy atom. The SMILES string of the molecule is Cc1ccc(-c2nnc(-c3ccc4c(c3)C[C@@](CO)(NCc3ccccc3)CC4)o2)cc1F. The molecule has 0 bridgehead atoms. The number of aromatic nitrogens is 2. The normalized spacial score (nSPS) is 17.7. The third-order valence-corrected chi connectivity index (χ3v) is 6.51. The van der Waals surface area contributed by atoms with Crippen LogP contribution >= 0.6 is 0 Å². The van der Waals surface area contributed by atoms with Gasteiger partial charge in [-0.25, -0.2) is 4.39 Å². The first-order valence-corrected chi connectivity index (χ1v) is 11.2. The molecule has 2 N–H and O–H groups in total. The number of hydrogen-bond acceptors (Lipinski definition) is 5. The Morgan fingerprint density at radius 1 is 0.970 bits per heavy atom. The highest BCUT2D eigenvalue weighted by molar-refractivity contribution is 5.60. The van der Waals surface area contributed by atoms with E-state index in [0.29, 0.717) is 30.0 Å². The lowest BCUT2D eigenvalue weighted by Gasteiger charge is -2.38. The first-order chi connectivity index (χ1) is 16.0. The van der Waals surface area contributed by atoms with Gasteiger partial charge in [-0.3, -0.25) is 0 Å². The molecule has 0 saturated heterocycles. The Kier molecular flexibility index (Phi) is 5.79. The molecule has 6 heteroatoms. The van der Waals surface area contributed by atoms with Crippen LogP contribution in [-0.4, -0.2) is 27.4 Å². The van der Waals surface area contributed by atoms with Crippen molar-refractivity contribution in [3.63, 3.8) is 0 Å². The number of benzene rings is 3. The summed E-state index contributed by atoms with van der Waals surface area (Å²) in [6, 6.07) is 21.2. The van der Waals surface area contributed by atoms with Crippen LogP contribution in [0, 0.1) is 12.7 Å². The second-order valence-corrected chi connectivity index (χ2v) is 8.81. The maximum Gasteiger partial charge on any atom is 0.248 e. The Balaban J connectivity index is 1.38. The molecule has 0 fully saturated rings. The number of aliphatic hydroxyl groups excluding tert-OH is 1. The summed E-state index contributed by atoms with van der Waals surface area (Å²) in [5.74, 6) is 0.381. The molecule has 1 aliphatic carbocycles. The predicted molar refractivity (Wildman–Crippen MR) is 125 cm³/mol. The summed E-state index contributed by atoms with van der Waals surface area (Å²) < 4.78 is 19.8. The fraction of sp³-hybridized carbons (Fsp3) is 0.259. The van der Waals surface area contributed by atoms with Crippen LogP contribution < -0.4 is 5.32 Å². The van der Waals surface area contributed by atoms with Crippen molar-refractivity contribution in [3.05, 3.63) is 94.8 Å². The van der Waals surface area contributed by atoms with Gasteiger partial charge in [-0.2, -0.15) is 0 Å². The molecule has 0 saturated carbocycles. The highest BCUT2D eigenvalue weighted by Gasteiger charge is 2.33. The summed E-state index contributed by atoms with van der Waals surface area (Å²) >= 11 is 0. The highest BCUT2D eigenvalue weighted by Crippen LogP contribution is 2.33. The lowest BCUT2D eigenvalue weighted by atomic mass is 9.77. The Hall–Kier alpha value is -3.35. The molecule has 4 aromatic rings. The molecular weight excluding hydrogens is 417 g/mol. The quantitative estimate of drug-likeness (QED) is 0.445. The van der Waals surface area contributed by atoms with E-state index in [4.69, 9.17) is 4.42 Å². The molecule has 3 aromatic carbocycles. The van der Waals surface area contributed by atoms with Crippen molar-refractivity contribution >= 4 is 0 Å². The summed E-state index contributed by atoms with van der Waals surface area (Å²) in [6.45, 7) is 2.48. The van der Waals surface area contributed by atoms with Crippen LogP contribution in [0.25, 0.3) is 22.9 Å². The molecule has 5 rings (SSSR count). The third kappa shape index (κ3) is 4.45. The molecule has 0 radical (unpaired) electrons. The number of aryl methyl sites for hydroxylation is 2.